The summed E-state index contributed by atoms with van der Waals surface area (Å²) in [6, 6.07) is 3.96. The van der Waals surface area contributed by atoms with E-state index in [-0.39, 0.29) is 16.6 Å². The number of hydrogen-bond acceptors (Lipinski definition) is 4. The molecule has 3 heterocycles. The van der Waals surface area contributed by atoms with Gasteiger partial charge in [-0.15, -0.1) is 0 Å². The molecule has 2 aliphatic heterocycles. The molecule has 1 saturated carbocycles. The molecule has 0 radical (unpaired) electrons. The Morgan fingerprint density at radius 2 is 1.96 bits per heavy atom. The van der Waals surface area contributed by atoms with Crippen molar-refractivity contribution >= 4 is 15.9 Å². The van der Waals surface area contributed by atoms with Gasteiger partial charge in [0.2, 0.25) is 15.9 Å². The zero-order valence-corrected chi connectivity index (χ0v) is 16.0. The lowest BCUT2D eigenvalue weighted by atomic mass is 9.72. The zero-order valence-electron chi connectivity index (χ0n) is 15.1. The predicted molar refractivity (Wildman–Crippen MR) is 98.9 cm³/mol. The summed E-state index contributed by atoms with van der Waals surface area (Å²) in [4.78, 5) is 18.5. The van der Waals surface area contributed by atoms with Gasteiger partial charge in [0.25, 0.3) is 0 Å². The van der Waals surface area contributed by atoms with E-state index in [2.05, 4.69) is 4.98 Å². The number of sulfonamides is 1. The Labute approximate surface area is 155 Å². The molecule has 6 nitrogen and oxygen atoms in total. The highest BCUT2D eigenvalue weighted by Crippen LogP contribution is 2.42. The van der Waals surface area contributed by atoms with Crippen LogP contribution in [0, 0.1) is 5.41 Å². The first-order chi connectivity index (χ1) is 12.5. The second-order valence-electron chi connectivity index (χ2n) is 8.07. The third-order valence-corrected chi connectivity index (χ3v) is 8.63. The van der Waals surface area contributed by atoms with E-state index < -0.39 is 10.0 Å². The van der Waals surface area contributed by atoms with Gasteiger partial charge in [-0.2, -0.15) is 0 Å². The normalized spacial score (nSPS) is 24.2. The topological polar surface area (TPSA) is 70.6 Å². The van der Waals surface area contributed by atoms with Crippen LogP contribution in [0.4, 0.5) is 0 Å². The fourth-order valence-electron chi connectivity index (χ4n) is 4.32. The van der Waals surface area contributed by atoms with Crippen molar-refractivity contribution in [3.63, 3.8) is 0 Å². The fourth-order valence-corrected chi connectivity index (χ4v) is 6.16. The molecule has 4 rings (SSSR count). The Morgan fingerprint density at radius 1 is 1.19 bits per heavy atom. The van der Waals surface area contributed by atoms with Gasteiger partial charge in [-0.25, -0.2) is 12.7 Å². The summed E-state index contributed by atoms with van der Waals surface area (Å²) in [6.45, 7) is 2.71. The van der Waals surface area contributed by atoms with Crippen LogP contribution in [-0.2, 0) is 21.2 Å². The summed E-state index contributed by atoms with van der Waals surface area (Å²) < 4.78 is 26.6. The Hall–Kier alpha value is -1.47. The highest BCUT2D eigenvalue weighted by Gasteiger charge is 2.46. The molecular formula is C19H27N3O3S. The third kappa shape index (κ3) is 3.64. The van der Waals surface area contributed by atoms with Crippen molar-refractivity contribution in [3.05, 3.63) is 30.1 Å². The minimum atomic E-state index is -3.07. The Balaban J connectivity index is 1.36. The van der Waals surface area contributed by atoms with Crippen molar-refractivity contribution < 1.29 is 13.2 Å². The van der Waals surface area contributed by atoms with Gasteiger partial charge in [-0.1, -0.05) is 6.07 Å². The summed E-state index contributed by atoms with van der Waals surface area (Å²) >= 11 is 0. The van der Waals surface area contributed by atoms with Crippen LogP contribution in [0.5, 0.6) is 0 Å². The van der Waals surface area contributed by atoms with E-state index >= 15 is 0 Å². The molecule has 0 unspecified atom stereocenters. The number of amides is 1. The van der Waals surface area contributed by atoms with Crippen molar-refractivity contribution in [2.24, 2.45) is 5.41 Å². The van der Waals surface area contributed by atoms with E-state index in [1.54, 1.807) is 10.5 Å². The van der Waals surface area contributed by atoms with Gasteiger partial charge in [0.1, 0.15) is 0 Å². The molecule has 1 spiro atoms. The highest BCUT2D eigenvalue weighted by molar-refractivity contribution is 7.90. The molecular weight excluding hydrogens is 350 g/mol. The Kier molecular flexibility index (Phi) is 4.77. The first kappa shape index (κ1) is 17.9. The lowest BCUT2D eigenvalue weighted by Gasteiger charge is -2.47. The lowest BCUT2D eigenvalue weighted by molar-refractivity contribution is -0.138. The second kappa shape index (κ2) is 6.93. The molecule has 0 atom stereocenters. The summed E-state index contributed by atoms with van der Waals surface area (Å²) in [5.74, 6) is 0.229. The molecule has 142 valence electrons. The average Bonchev–Trinajstić information content (AvgIpc) is 3.50. The molecule has 0 aromatic carbocycles. The van der Waals surface area contributed by atoms with Crippen LogP contribution < -0.4 is 0 Å². The van der Waals surface area contributed by atoms with Crippen molar-refractivity contribution in [2.45, 2.75) is 50.2 Å². The van der Waals surface area contributed by atoms with Crippen LogP contribution in [0.15, 0.2) is 24.5 Å². The van der Waals surface area contributed by atoms with Gasteiger partial charge in [-0.05, 0) is 55.6 Å². The van der Waals surface area contributed by atoms with Crippen LogP contribution in [0.2, 0.25) is 0 Å². The molecule has 3 aliphatic rings. The number of likely N-dealkylation sites (tertiary alicyclic amines) is 1. The number of nitrogens with zero attached hydrogens (tertiary/aromatic N) is 3. The van der Waals surface area contributed by atoms with Crippen LogP contribution in [0.25, 0.3) is 0 Å². The maximum atomic E-state index is 12.5. The van der Waals surface area contributed by atoms with Crippen LogP contribution >= 0.6 is 0 Å². The van der Waals surface area contributed by atoms with Gasteiger partial charge in [-0.3, -0.25) is 9.78 Å². The van der Waals surface area contributed by atoms with Crippen LogP contribution in [0.3, 0.4) is 0 Å². The molecule has 26 heavy (non-hydrogen) atoms. The van der Waals surface area contributed by atoms with Crippen molar-refractivity contribution in [1.82, 2.24) is 14.2 Å². The monoisotopic (exact) mass is 377 g/mol. The number of rotatable bonds is 5. The standard InChI is InChI=1S/C19H27N3O3S/c23-18-5-7-19(15-21(18)11-6-16-2-1-10-20-14-16)8-12-22(13-9-19)26(24,25)17-3-4-17/h1-2,10,14,17H,3-9,11-13,15H2. The number of aromatic nitrogens is 1. The summed E-state index contributed by atoms with van der Waals surface area (Å²) in [5.41, 5.74) is 1.24. The molecule has 1 aromatic rings. The summed E-state index contributed by atoms with van der Waals surface area (Å²) in [7, 11) is -3.07. The first-order valence-electron chi connectivity index (χ1n) is 9.64. The minimum absolute atomic E-state index is 0.0957. The van der Waals surface area contributed by atoms with E-state index in [0.29, 0.717) is 19.5 Å². The maximum Gasteiger partial charge on any atom is 0.222 e. The quantitative estimate of drug-likeness (QED) is 0.785. The SMILES string of the molecule is O=C1CCC2(CCN(S(=O)(=O)C3CC3)CC2)CN1CCc1cccnc1. The molecule has 1 amide bonds. The number of pyridine rings is 1. The van der Waals surface area contributed by atoms with Gasteiger partial charge < -0.3 is 4.90 Å². The molecule has 1 aliphatic carbocycles. The molecule has 0 bridgehead atoms. The number of carbonyl (C=O) groups is 1. The van der Waals surface area contributed by atoms with E-state index in [4.69, 9.17) is 0 Å². The molecule has 3 fully saturated rings. The van der Waals surface area contributed by atoms with E-state index in [9.17, 15) is 13.2 Å². The minimum Gasteiger partial charge on any atom is -0.342 e. The smallest absolute Gasteiger partial charge is 0.222 e. The average molecular weight is 378 g/mol. The van der Waals surface area contributed by atoms with Crippen molar-refractivity contribution in [3.8, 4) is 0 Å². The van der Waals surface area contributed by atoms with E-state index in [0.717, 1.165) is 57.2 Å². The van der Waals surface area contributed by atoms with Crippen molar-refractivity contribution in [2.75, 3.05) is 26.2 Å². The molecule has 1 aromatic heterocycles. The predicted octanol–water partition coefficient (Wildman–Crippen LogP) is 1.82. The van der Waals surface area contributed by atoms with E-state index in [1.807, 2.05) is 23.2 Å². The first-order valence-corrected chi connectivity index (χ1v) is 11.1. The number of hydrogen-bond donors (Lipinski definition) is 0. The molecule has 0 N–H and O–H groups in total. The maximum absolute atomic E-state index is 12.5. The largest absolute Gasteiger partial charge is 0.342 e. The van der Waals surface area contributed by atoms with Crippen LogP contribution in [-0.4, -0.2) is 59.9 Å². The van der Waals surface area contributed by atoms with E-state index in [1.165, 1.54) is 0 Å². The van der Waals surface area contributed by atoms with Gasteiger partial charge in [0.15, 0.2) is 0 Å². The summed E-state index contributed by atoms with van der Waals surface area (Å²) in [5, 5.41) is -0.125. The number of carbonyl (C=O) groups excluding carboxylic acids is 1. The molecule has 2 saturated heterocycles. The van der Waals surface area contributed by atoms with Gasteiger partial charge in [0.05, 0.1) is 5.25 Å². The van der Waals surface area contributed by atoms with Gasteiger partial charge >= 0.3 is 0 Å². The van der Waals surface area contributed by atoms with Crippen molar-refractivity contribution in [1.29, 1.82) is 0 Å². The number of piperidine rings is 2. The lowest BCUT2D eigenvalue weighted by Crippen LogP contribution is -2.53. The molecule has 7 heteroatoms. The highest BCUT2D eigenvalue weighted by atomic mass is 32.2. The van der Waals surface area contributed by atoms with Gasteiger partial charge in [0, 0.05) is 45.0 Å². The summed E-state index contributed by atoms with van der Waals surface area (Å²) in [6.07, 6.45) is 9.29. The zero-order chi connectivity index (χ0) is 18.2. The Morgan fingerprint density at radius 3 is 2.62 bits per heavy atom. The van der Waals surface area contributed by atoms with Crippen LogP contribution in [0.1, 0.15) is 44.1 Å². The second-order valence-corrected chi connectivity index (χ2v) is 10.3. The fraction of sp³-hybridized carbons (Fsp3) is 0.684. The third-order valence-electron chi connectivity index (χ3n) is 6.23. The Bertz CT molecular complexity index is 753.